The van der Waals surface area contributed by atoms with E-state index in [1.807, 2.05) is 0 Å². The number of rotatable bonds is 2. The maximum Gasteiger partial charge on any atom is 0.186 e. The van der Waals surface area contributed by atoms with Crippen LogP contribution in [0.5, 0.6) is 0 Å². The van der Waals surface area contributed by atoms with Crippen molar-refractivity contribution in [2.45, 2.75) is 31.6 Å². The van der Waals surface area contributed by atoms with Crippen LogP contribution in [0.1, 0.15) is 32.0 Å². The summed E-state index contributed by atoms with van der Waals surface area (Å²) in [6, 6.07) is 2.68. The van der Waals surface area contributed by atoms with Crippen LogP contribution in [0.3, 0.4) is 0 Å². The predicted octanol–water partition coefficient (Wildman–Crippen LogP) is 2.87. The van der Waals surface area contributed by atoms with Gasteiger partial charge >= 0.3 is 0 Å². The molecule has 1 aromatic heterocycles. The minimum Gasteiger partial charge on any atom is -0.341 e. The van der Waals surface area contributed by atoms with E-state index in [2.05, 4.69) is 22.2 Å². The average Bonchev–Trinajstić information content (AvgIpc) is 2.89. The molecule has 1 aliphatic rings. The summed E-state index contributed by atoms with van der Waals surface area (Å²) in [5, 5.41) is 3.37. The first kappa shape index (κ1) is 12.5. The van der Waals surface area contributed by atoms with E-state index < -0.39 is 11.6 Å². The number of piperidine rings is 1. The van der Waals surface area contributed by atoms with Gasteiger partial charge in [0.1, 0.15) is 11.3 Å². The number of imidazole rings is 1. The summed E-state index contributed by atoms with van der Waals surface area (Å²) < 4.78 is 27.0. The van der Waals surface area contributed by atoms with Gasteiger partial charge in [-0.15, -0.1) is 0 Å². The fourth-order valence-electron chi connectivity index (χ4n) is 2.91. The van der Waals surface area contributed by atoms with Crippen LogP contribution >= 0.6 is 0 Å². The summed E-state index contributed by atoms with van der Waals surface area (Å²) >= 11 is 0. The molecule has 1 aromatic carbocycles. The maximum absolute atomic E-state index is 13.7. The molecule has 1 fully saturated rings. The van der Waals surface area contributed by atoms with E-state index in [1.165, 1.54) is 0 Å². The van der Waals surface area contributed by atoms with Gasteiger partial charge in [0.05, 0.1) is 5.52 Å². The van der Waals surface area contributed by atoms with Gasteiger partial charge in [0, 0.05) is 12.0 Å². The van der Waals surface area contributed by atoms with Crippen molar-refractivity contribution in [3.05, 3.63) is 29.6 Å². The Labute approximate surface area is 110 Å². The molecular weight excluding hydrogens is 248 g/mol. The van der Waals surface area contributed by atoms with Crippen LogP contribution in [-0.4, -0.2) is 23.1 Å². The van der Waals surface area contributed by atoms with Gasteiger partial charge in [-0.25, -0.2) is 13.8 Å². The topological polar surface area (TPSA) is 40.7 Å². The van der Waals surface area contributed by atoms with Gasteiger partial charge in [0.15, 0.2) is 11.6 Å². The zero-order chi connectivity index (χ0) is 13.5. The van der Waals surface area contributed by atoms with E-state index in [0.717, 1.165) is 44.2 Å². The van der Waals surface area contributed by atoms with Crippen molar-refractivity contribution in [3.8, 4) is 0 Å². The summed E-state index contributed by atoms with van der Waals surface area (Å²) in [7, 11) is 0. The van der Waals surface area contributed by atoms with E-state index in [-0.39, 0.29) is 10.9 Å². The molecular formula is C14H17F2N3. The van der Waals surface area contributed by atoms with Crippen LogP contribution in [-0.2, 0) is 5.41 Å². The minimum atomic E-state index is -0.866. The van der Waals surface area contributed by atoms with Crippen LogP contribution in [0.2, 0.25) is 0 Å². The van der Waals surface area contributed by atoms with E-state index in [4.69, 9.17) is 0 Å². The quantitative estimate of drug-likeness (QED) is 0.876. The smallest absolute Gasteiger partial charge is 0.186 e. The molecule has 1 unspecified atom stereocenters. The second-order valence-corrected chi connectivity index (χ2v) is 5.26. The Bertz CT molecular complexity index is 600. The highest BCUT2D eigenvalue weighted by Crippen LogP contribution is 2.34. The average molecular weight is 265 g/mol. The molecule has 5 heteroatoms. The number of aromatic nitrogens is 2. The molecule has 2 N–H and O–H groups in total. The van der Waals surface area contributed by atoms with Gasteiger partial charge in [-0.2, -0.15) is 0 Å². The van der Waals surface area contributed by atoms with Gasteiger partial charge in [0.25, 0.3) is 0 Å². The zero-order valence-electron chi connectivity index (χ0n) is 10.9. The fourth-order valence-corrected chi connectivity index (χ4v) is 2.91. The largest absolute Gasteiger partial charge is 0.341 e. The SMILES string of the molecule is CCC1(c2nc3c(F)c(F)ccc3[nH]2)CCCNC1. The van der Waals surface area contributed by atoms with Crippen molar-refractivity contribution in [3.63, 3.8) is 0 Å². The highest BCUT2D eigenvalue weighted by molar-refractivity contribution is 5.76. The van der Waals surface area contributed by atoms with Crippen LogP contribution in [0, 0.1) is 11.6 Å². The number of nitrogens with one attached hydrogen (secondary N) is 2. The first-order valence-electron chi connectivity index (χ1n) is 6.71. The maximum atomic E-state index is 13.7. The first-order chi connectivity index (χ1) is 9.16. The standard InChI is InChI=1S/C14H17F2N3/c1-2-14(6-3-7-17-8-14)13-18-10-5-4-9(15)11(16)12(10)19-13/h4-5,17H,2-3,6-8H2,1H3,(H,18,19). The summed E-state index contributed by atoms with van der Waals surface area (Å²) in [6.07, 6.45) is 3.01. The van der Waals surface area contributed by atoms with Gasteiger partial charge in [-0.3, -0.25) is 0 Å². The lowest BCUT2D eigenvalue weighted by atomic mass is 9.77. The Balaban J connectivity index is 2.12. The molecule has 2 aromatic rings. The van der Waals surface area contributed by atoms with Crippen molar-refractivity contribution in [1.82, 2.24) is 15.3 Å². The number of hydrogen-bond donors (Lipinski definition) is 2. The van der Waals surface area contributed by atoms with E-state index in [1.54, 1.807) is 6.07 Å². The molecule has 102 valence electrons. The molecule has 0 bridgehead atoms. The molecule has 0 spiro atoms. The Hall–Kier alpha value is -1.49. The lowest BCUT2D eigenvalue weighted by Gasteiger charge is -2.35. The normalized spacial score (nSPS) is 23.9. The number of hydrogen-bond acceptors (Lipinski definition) is 2. The monoisotopic (exact) mass is 265 g/mol. The number of H-pyrrole nitrogens is 1. The summed E-state index contributed by atoms with van der Waals surface area (Å²) in [5.41, 5.74) is 0.570. The van der Waals surface area contributed by atoms with E-state index in [0.29, 0.717) is 5.52 Å². The molecule has 0 amide bonds. The molecule has 3 nitrogen and oxygen atoms in total. The zero-order valence-corrected chi connectivity index (χ0v) is 10.9. The third kappa shape index (κ3) is 1.92. The second-order valence-electron chi connectivity index (χ2n) is 5.26. The van der Waals surface area contributed by atoms with Crippen molar-refractivity contribution < 1.29 is 8.78 Å². The predicted molar refractivity (Wildman–Crippen MR) is 70.1 cm³/mol. The highest BCUT2D eigenvalue weighted by Gasteiger charge is 2.35. The van der Waals surface area contributed by atoms with Crippen LogP contribution < -0.4 is 5.32 Å². The van der Waals surface area contributed by atoms with Crippen LogP contribution in [0.4, 0.5) is 8.78 Å². The summed E-state index contributed by atoms with van der Waals surface area (Å²) in [4.78, 5) is 7.50. The third-order valence-corrected chi connectivity index (χ3v) is 4.20. The molecule has 1 aliphatic heterocycles. The van der Waals surface area contributed by atoms with E-state index >= 15 is 0 Å². The van der Waals surface area contributed by atoms with Gasteiger partial charge in [0.2, 0.25) is 0 Å². The highest BCUT2D eigenvalue weighted by atomic mass is 19.2. The molecule has 1 atom stereocenters. The molecule has 0 aliphatic carbocycles. The fraction of sp³-hybridized carbons (Fsp3) is 0.500. The molecule has 2 heterocycles. The number of halogens is 2. The van der Waals surface area contributed by atoms with Crippen molar-refractivity contribution in [2.75, 3.05) is 13.1 Å². The molecule has 3 rings (SSSR count). The lowest BCUT2D eigenvalue weighted by Crippen LogP contribution is -2.43. The van der Waals surface area contributed by atoms with Crippen molar-refractivity contribution in [2.24, 2.45) is 0 Å². The number of aromatic amines is 1. The Kier molecular flexibility index (Phi) is 3.01. The molecule has 19 heavy (non-hydrogen) atoms. The Morgan fingerprint density at radius 3 is 2.89 bits per heavy atom. The number of nitrogens with zero attached hydrogens (tertiary/aromatic N) is 1. The molecule has 0 saturated carbocycles. The van der Waals surface area contributed by atoms with Gasteiger partial charge in [-0.1, -0.05) is 6.92 Å². The Morgan fingerprint density at radius 1 is 1.37 bits per heavy atom. The second kappa shape index (κ2) is 4.56. The first-order valence-corrected chi connectivity index (χ1v) is 6.71. The third-order valence-electron chi connectivity index (χ3n) is 4.20. The van der Waals surface area contributed by atoms with Crippen molar-refractivity contribution in [1.29, 1.82) is 0 Å². The molecule has 0 radical (unpaired) electrons. The minimum absolute atomic E-state index is 0.0970. The number of benzene rings is 1. The Morgan fingerprint density at radius 2 is 2.21 bits per heavy atom. The van der Waals surface area contributed by atoms with E-state index in [9.17, 15) is 8.78 Å². The van der Waals surface area contributed by atoms with Crippen LogP contribution in [0.15, 0.2) is 12.1 Å². The molecule has 1 saturated heterocycles. The van der Waals surface area contributed by atoms with Gasteiger partial charge < -0.3 is 10.3 Å². The number of fused-ring (bicyclic) bond motifs is 1. The van der Waals surface area contributed by atoms with Crippen molar-refractivity contribution >= 4 is 11.0 Å². The van der Waals surface area contributed by atoms with Crippen LogP contribution in [0.25, 0.3) is 11.0 Å². The summed E-state index contributed by atoms with van der Waals surface area (Å²) in [5.74, 6) is -0.949. The summed E-state index contributed by atoms with van der Waals surface area (Å²) in [6.45, 7) is 3.94. The van der Waals surface area contributed by atoms with Gasteiger partial charge in [-0.05, 0) is 37.9 Å². The lowest BCUT2D eigenvalue weighted by molar-refractivity contribution is 0.290.